The Morgan fingerprint density at radius 3 is 2.62 bits per heavy atom. The van der Waals surface area contributed by atoms with Gasteiger partial charge < -0.3 is 4.74 Å². The van der Waals surface area contributed by atoms with Gasteiger partial charge in [0.15, 0.2) is 0 Å². The van der Waals surface area contributed by atoms with Crippen LogP contribution in [0.15, 0.2) is 30.3 Å². The molecule has 2 heteroatoms. The van der Waals surface area contributed by atoms with E-state index in [1.807, 2.05) is 30.3 Å². The molecule has 88 valence electrons. The second kappa shape index (κ2) is 5.35. The van der Waals surface area contributed by atoms with Gasteiger partial charge in [-0.1, -0.05) is 25.1 Å². The Morgan fingerprint density at radius 1 is 1.25 bits per heavy atom. The van der Waals surface area contributed by atoms with Crippen LogP contribution in [0, 0.1) is 5.92 Å². The topological polar surface area (TPSA) is 12.5 Å². The summed E-state index contributed by atoms with van der Waals surface area (Å²) in [5.41, 5.74) is 0. The van der Waals surface area contributed by atoms with Crippen molar-refractivity contribution in [3.8, 4) is 5.75 Å². The summed E-state index contributed by atoms with van der Waals surface area (Å²) in [5.74, 6) is 1.80. The smallest absolute Gasteiger partial charge is 0.119 e. The van der Waals surface area contributed by atoms with Crippen LogP contribution in [0.4, 0.5) is 0 Å². The van der Waals surface area contributed by atoms with Crippen molar-refractivity contribution in [3.63, 3.8) is 0 Å². The summed E-state index contributed by atoms with van der Waals surface area (Å²) in [7, 11) is 0. The molecule has 2 nitrogen and oxygen atoms in total. The molecule has 2 rings (SSSR count). The molecule has 2 atom stereocenters. The average molecular weight is 219 g/mol. The quantitative estimate of drug-likeness (QED) is 0.772. The SMILES string of the molecule is C[C@@H]1CCN(CCOc2ccccc2)[C@@H]1C. The van der Waals surface area contributed by atoms with Crippen molar-refractivity contribution in [2.24, 2.45) is 5.92 Å². The summed E-state index contributed by atoms with van der Waals surface area (Å²) < 4.78 is 5.71. The zero-order chi connectivity index (χ0) is 11.4. The van der Waals surface area contributed by atoms with Gasteiger partial charge >= 0.3 is 0 Å². The minimum Gasteiger partial charge on any atom is -0.492 e. The highest BCUT2D eigenvalue weighted by atomic mass is 16.5. The van der Waals surface area contributed by atoms with Crippen LogP contribution in [-0.2, 0) is 0 Å². The van der Waals surface area contributed by atoms with E-state index in [0.717, 1.165) is 24.8 Å². The molecule has 0 amide bonds. The third-order valence-corrected chi connectivity index (χ3v) is 3.66. The summed E-state index contributed by atoms with van der Waals surface area (Å²) >= 11 is 0. The Hall–Kier alpha value is -1.02. The Morgan fingerprint density at radius 2 is 2.00 bits per heavy atom. The second-order valence-electron chi connectivity index (χ2n) is 4.70. The minimum atomic E-state index is 0.708. The van der Waals surface area contributed by atoms with E-state index in [4.69, 9.17) is 4.74 Å². The van der Waals surface area contributed by atoms with Gasteiger partial charge in [0, 0.05) is 12.6 Å². The second-order valence-corrected chi connectivity index (χ2v) is 4.70. The zero-order valence-electron chi connectivity index (χ0n) is 10.2. The van der Waals surface area contributed by atoms with Gasteiger partial charge in [0.2, 0.25) is 0 Å². The predicted octanol–water partition coefficient (Wildman–Crippen LogP) is 2.80. The van der Waals surface area contributed by atoms with Gasteiger partial charge in [-0.3, -0.25) is 4.90 Å². The van der Waals surface area contributed by atoms with Crippen molar-refractivity contribution in [1.82, 2.24) is 4.90 Å². The highest BCUT2D eigenvalue weighted by Crippen LogP contribution is 2.22. The molecule has 0 spiro atoms. The van der Waals surface area contributed by atoms with E-state index < -0.39 is 0 Å². The maximum atomic E-state index is 5.71. The lowest BCUT2D eigenvalue weighted by Gasteiger charge is -2.22. The minimum absolute atomic E-state index is 0.708. The molecule has 1 fully saturated rings. The summed E-state index contributed by atoms with van der Waals surface area (Å²) in [6.45, 7) is 7.71. The first-order chi connectivity index (χ1) is 7.77. The average Bonchev–Trinajstić information content (AvgIpc) is 2.62. The molecule has 0 saturated carbocycles. The van der Waals surface area contributed by atoms with Gasteiger partial charge in [0.05, 0.1) is 0 Å². The standard InChI is InChI=1S/C14H21NO/c1-12-8-9-15(13(12)2)10-11-16-14-6-4-3-5-7-14/h3-7,12-13H,8-11H2,1-2H3/t12-,13-/m1/s1. The highest BCUT2D eigenvalue weighted by Gasteiger charge is 2.26. The van der Waals surface area contributed by atoms with Gasteiger partial charge in [-0.05, 0) is 37.9 Å². The zero-order valence-corrected chi connectivity index (χ0v) is 10.2. The number of likely N-dealkylation sites (tertiary alicyclic amines) is 1. The van der Waals surface area contributed by atoms with Crippen LogP contribution >= 0.6 is 0 Å². The van der Waals surface area contributed by atoms with Crippen molar-refractivity contribution in [2.45, 2.75) is 26.3 Å². The van der Waals surface area contributed by atoms with Crippen molar-refractivity contribution >= 4 is 0 Å². The largest absolute Gasteiger partial charge is 0.492 e. The van der Waals surface area contributed by atoms with E-state index in [9.17, 15) is 0 Å². The van der Waals surface area contributed by atoms with Crippen molar-refractivity contribution < 1.29 is 4.74 Å². The molecule has 0 unspecified atom stereocenters. The lowest BCUT2D eigenvalue weighted by atomic mass is 10.1. The third kappa shape index (κ3) is 2.76. The van der Waals surface area contributed by atoms with Gasteiger partial charge in [-0.25, -0.2) is 0 Å². The van der Waals surface area contributed by atoms with Crippen LogP contribution < -0.4 is 4.74 Å². The first-order valence-electron chi connectivity index (χ1n) is 6.19. The maximum Gasteiger partial charge on any atom is 0.119 e. The Kier molecular flexibility index (Phi) is 3.83. The predicted molar refractivity (Wildman–Crippen MR) is 66.8 cm³/mol. The van der Waals surface area contributed by atoms with Crippen LogP contribution in [0.2, 0.25) is 0 Å². The number of rotatable bonds is 4. The lowest BCUT2D eigenvalue weighted by molar-refractivity contribution is 0.194. The van der Waals surface area contributed by atoms with E-state index in [2.05, 4.69) is 18.7 Å². The molecule has 1 aliphatic rings. The van der Waals surface area contributed by atoms with Crippen molar-refractivity contribution in [2.75, 3.05) is 19.7 Å². The fraction of sp³-hybridized carbons (Fsp3) is 0.571. The van der Waals surface area contributed by atoms with E-state index in [1.165, 1.54) is 13.0 Å². The summed E-state index contributed by atoms with van der Waals surface area (Å²) in [6, 6.07) is 10.8. The van der Waals surface area contributed by atoms with Gasteiger partial charge in [0.25, 0.3) is 0 Å². The highest BCUT2D eigenvalue weighted by molar-refractivity contribution is 5.20. The van der Waals surface area contributed by atoms with Crippen LogP contribution in [-0.4, -0.2) is 30.6 Å². The Bertz CT molecular complexity index is 312. The van der Waals surface area contributed by atoms with Crippen LogP contribution in [0.25, 0.3) is 0 Å². The first kappa shape index (κ1) is 11.5. The van der Waals surface area contributed by atoms with Crippen LogP contribution in [0.5, 0.6) is 5.75 Å². The summed E-state index contributed by atoms with van der Waals surface area (Å²) in [6.07, 6.45) is 1.33. The third-order valence-electron chi connectivity index (χ3n) is 3.66. The summed E-state index contributed by atoms with van der Waals surface area (Å²) in [5, 5.41) is 0. The van der Waals surface area contributed by atoms with Gasteiger partial charge in [-0.15, -0.1) is 0 Å². The molecule has 1 aromatic rings. The number of nitrogens with zero attached hydrogens (tertiary/aromatic N) is 1. The normalized spacial score (nSPS) is 25.9. The van der Waals surface area contributed by atoms with E-state index in [1.54, 1.807) is 0 Å². The molecule has 0 N–H and O–H groups in total. The van der Waals surface area contributed by atoms with Crippen molar-refractivity contribution in [1.29, 1.82) is 0 Å². The number of benzene rings is 1. The Labute approximate surface area is 98.2 Å². The number of ether oxygens (including phenoxy) is 1. The maximum absolute atomic E-state index is 5.71. The molecule has 1 saturated heterocycles. The summed E-state index contributed by atoms with van der Waals surface area (Å²) in [4.78, 5) is 2.52. The lowest BCUT2D eigenvalue weighted by Crippen LogP contribution is -2.33. The molecular formula is C14H21NO. The molecule has 1 aromatic carbocycles. The van der Waals surface area contributed by atoms with Crippen LogP contribution in [0.3, 0.4) is 0 Å². The number of hydrogen-bond acceptors (Lipinski definition) is 2. The van der Waals surface area contributed by atoms with E-state index in [0.29, 0.717) is 6.04 Å². The Balaban J connectivity index is 1.73. The van der Waals surface area contributed by atoms with Gasteiger partial charge in [-0.2, -0.15) is 0 Å². The number of hydrogen-bond donors (Lipinski definition) is 0. The molecule has 16 heavy (non-hydrogen) atoms. The molecule has 1 heterocycles. The first-order valence-corrected chi connectivity index (χ1v) is 6.19. The molecular weight excluding hydrogens is 198 g/mol. The van der Waals surface area contributed by atoms with E-state index >= 15 is 0 Å². The fourth-order valence-electron chi connectivity index (χ4n) is 2.29. The monoisotopic (exact) mass is 219 g/mol. The fourth-order valence-corrected chi connectivity index (χ4v) is 2.29. The molecule has 0 aliphatic carbocycles. The number of para-hydroxylation sites is 1. The molecule has 0 aromatic heterocycles. The van der Waals surface area contributed by atoms with E-state index in [-0.39, 0.29) is 0 Å². The molecule has 0 bridgehead atoms. The molecule has 1 aliphatic heterocycles. The molecule has 0 radical (unpaired) electrons. The van der Waals surface area contributed by atoms with Crippen molar-refractivity contribution in [3.05, 3.63) is 30.3 Å². The van der Waals surface area contributed by atoms with Gasteiger partial charge in [0.1, 0.15) is 12.4 Å². The van der Waals surface area contributed by atoms with Crippen LogP contribution in [0.1, 0.15) is 20.3 Å².